The van der Waals surface area contributed by atoms with Gasteiger partial charge >= 0.3 is 10.2 Å². The second kappa shape index (κ2) is 13.1. The number of nitrogens with one attached hydrogen (secondary N) is 1. The lowest BCUT2D eigenvalue weighted by Crippen LogP contribution is -2.54. The van der Waals surface area contributed by atoms with Crippen molar-refractivity contribution < 1.29 is 22.4 Å². The lowest BCUT2D eigenvalue weighted by molar-refractivity contribution is -0.140. The summed E-state index contributed by atoms with van der Waals surface area (Å²) in [5.41, 5.74) is 0.334. The van der Waals surface area contributed by atoms with E-state index in [0.717, 1.165) is 36.1 Å². The van der Waals surface area contributed by atoms with Gasteiger partial charge < -0.3 is 10.2 Å². The maximum absolute atomic E-state index is 14.8. The summed E-state index contributed by atoms with van der Waals surface area (Å²) in [4.78, 5) is 28.5. The zero-order valence-corrected chi connectivity index (χ0v) is 24.0. The van der Waals surface area contributed by atoms with E-state index in [-0.39, 0.29) is 35.6 Å². The molecule has 2 aromatic carbocycles. The lowest BCUT2D eigenvalue weighted by atomic mass is 10.1. The van der Waals surface area contributed by atoms with Crippen molar-refractivity contribution >= 4 is 50.9 Å². The predicted molar refractivity (Wildman–Crippen MR) is 148 cm³/mol. The van der Waals surface area contributed by atoms with Crippen LogP contribution in [0.1, 0.15) is 44.6 Å². The maximum atomic E-state index is 14.8. The van der Waals surface area contributed by atoms with E-state index in [9.17, 15) is 22.4 Å². The second-order valence-electron chi connectivity index (χ2n) is 9.43. The van der Waals surface area contributed by atoms with Crippen LogP contribution in [0.15, 0.2) is 42.5 Å². The Morgan fingerprint density at radius 2 is 1.74 bits per heavy atom. The van der Waals surface area contributed by atoms with Crippen molar-refractivity contribution in [2.24, 2.45) is 0 Å². The third kappa shape index (κ3) is 7.16. The van der Waals surface area contributed by atoms with Crippen LogP contribution in [0.4, 0.5) is 10.1 Å². The molecule has 1 saturated carbocycles. The van der Waals surface area contributed by atoms with Crippen molar-refractivity contribution in [1.82, 2.24) is 14.5 Å². The Hall–Kier alpha value is -2.40. The third-order valence-electron chi connectivity index (χ3n) is 6.56. The van der Waals surface area contributed by atoms with Crippen LogP contribution in [0, 0.1) is 5.82 Å². The van der Waals surface area contributed by atoms with Crippen molar-refractivity contribution in [2.45, 2.75) is 57.7 Å². The Kier molecular flexibility index (Phi) is 10.4. The minimum absolute atomic E-state index is 0.0283. The largest absolute Gasteiger partial charge is 0.352 e. The van der Waals surface area contributed by atoms with Crippen LogP contribution in [0.25, 0.3) is 0 Å². The fourth-order valence-electron chi connectivity index (χ4n) is 4.48. The molecule has 1 aliphatic carbocycles. The lowest BCUT2D eigenvalue weighted by Gasteiger charge is -2.34. The van der Waals surface area contributed by atoms with E-state index >= 15 is 0 Å². The Morgan fingerprint density at radius 1 is 1.08 bits per heavy atom. The van der Waals surface area contributed by atoms with Gasteiger partial charge in [-0.2, -0.15) is 12.7 Å². The molecule has 2 amide bonds. The number of hydrogen-bond donors (Lipinski definition) is 1. The molecule has 1 fully saturated rings. The topological polar surface area (TPSA) is 90.0 Å². The summed E-state index contributed by atoms with van der Waals surface area (Å²) in [5, 5.41) is 3.65. The van der Waals surface area contributed by atoms with Gasteiger partial charge in [0, 0.05) is 26.7 Å². The SMILES string of the molecule is CC[C@H](C(=O)NC1CCCC1)N(Cc1ccc(Cl)c(Cl)c1)C(=O)CN(c1ccccc1F)S(=O)(=O)N(C)C. The molecule has 0 spiro atoms. The van der Waals surface area contributed by atoms with Gasteiger partial charge in [-0.3, -0.25) is 9.59 Å². The van der Waals surface area contributed by atoms with Crippen molar-refractivity contribution in [2.75, 3.05) is 24.9 Å². The first-order valence-electron chi connectivity index (χ1n) is 12.4. The second-order valence-corrected chi connectivity index (χ2v) is 12.3. The highest BCUT2D eigenvalue weighted by Gasteiger charge is 2.35. The molecule has 0 unspecified atom stereocenters. The summed E-state index contributed by atoms with van der Waals surface area (Å²) in [6.07, 6.45) is 4.06. The number of hydrogen-bond acceptors (Lipinski definition) is 4. The highest BCUT2D eigenvalue weighted by molar-refractivity contribution is 7.90. The average Bonchev–Trinajstić information content (AvgIpc) is 3.37. The average molecular weight is 588 g/mol. The van der Waals surface area contributed by atoms with E-state index in [1.54, 1.807) is 25.1 Å². The minimum atomic E-state index is -4.26. The fourth-order valence-corrected chi connectivity index (χ4v) is 5.86. The molecular formula is C26H33Cl2FN4O4S. The quantitative estimate of drug-likeness (QED) is 0.416. The first-order chi connectivity index (χ1) is 17.9. The molecular weight excluding hydrogens is 554 g/mol. The van der Waals surface area contributed by atoms with E-state index in [4.69, 9.17) is 23.2 Å². The molecule has 1 atom stereocenters. The van der Waals surface area contributed by atoms with Crippen LogP contribution in [-0.4, -0.2) is 62.2 Å². The van der Waals surface area contributed by atoms with Gasteiger partial charge in [0.1, 0.15) is 18.4 Å². The van der Waals surface area contributed by atoms with E-state index in [1.165, 1.54) is 37.2 Å². The molecule has 1 aliphatic rings. The van der Waals surface area contributed by atoms with Gasteiger partial charge in [0.2, 0.25) is 11.8 Å². The molecule has 3 rings (SSSR count). The van der Waals surface area contributed by atoms with Gasteiger partial charge in [-0.05, 0) is 49.1 Å². The van der Waals surface area contributed by atoms with Crippen LogP contribution in [0.2, 0.25) is 10.0 Å². The first-order valence-corrected chi connectivity index (χ1v) is 14.6. The van der Waals surface area contributed by atoms with Crippen LogP contribution in [-0.2, 0) is 26.3 Å². The fraction of sp³-hybridized carbons (Fsp3) is 0.462. The van der Waals surface area contributed by atoms with E-state index < -0.39 is 34.5 Å². The van der Waals surface area contributed by atoms with Crippen LogP contribution in [0.3, 0.4) is 0 Å². The summed E-state index contributed by atoms with van der Waals surface area (Å²) in [6, 6.07) is 9.33. The summed E-state index contributed by atoms with van der Waals surface area (Å²) in [6.45, 7) is 1.04. The van der Waals surface area contributed by atoms with Gasteiger partial charge in [-0.15, -0.1) is 0 Å². The normalized spacial score (nSPS) is 14.9. The smallest absolute Gasteiger partial charge is 0.304 e. The summed E-state index contributed by atoms with van der Waals surface area (Å²) >= 11 is 12.2. The van der Waals surface area contributed by atoms with Crippen LogP contribution in [0.5, 0.6) is 0 Å². The molecule has 12 heteroatoms. The molecule has 0 heterocycles. The highest BCUT2D eigenvalue weighted by Crippen LogP contribution is 2.26. The molecule has 8 nitrogen and oxygen atoms in total. The molecule has 0 aliphatic heterocycles. The van der Waals surface area contributed by atoms with Gasteiger partial charge in [-0.25, -0.2) is 8.70 Å². The molecule has 0 saturated heterocycles. The Bertz CT molecular complexity index is 1260. The molecule has 0 aromatic heterocycles. The monoisotopic (exact) mass is 586 g/mol. The van der Waals surface area contributed by atoms with E-state index in [2.05, 4.69) is 5.32 Å². The summed E-state index contributed by atoms with van der Waals surface area (Å²) in [7, 11) is -1.67. The van der Waals surface area contributed by atoms with E-state index in [0.29, 0.717) is 14.9 Å². The third-order valence-corrected chi connectivity index (χ3v) is 9.11. The zero-order chi connectivity index (χ0) is 28.0. The first kappa shape index (κ1) is 30.1. The number of nitrogens with zero attached hydrogens (tertiary/aromatic N) is 3. The number of benzene rings is 2. The standard InChI is InChI=1S/C26H33Cl2FN4O4S/c1-4-23(26(35)30-19-9-5-6-10-19)32(16-18-13-14-20(27)21(28)15-18)25(34)17-33(38(36,37)31(2)3)24-12-8-7-11-22(24)29/h7-8,11-15,19,23H,4-6,9-10,16-17H2,1-3H3,(H,30,35)/t23-/m1/s1. The van der Waals surface area contributed by atoms with Crippen LogP contribution < -0.4 is 9.62 Å². The Morgan fingerprint density at radius 3 is 2.32 bits per heavy atom. The van der Waals surface area contributed by atoms with E-state index in [1.807, 2.05) is 0 Å². The predicted octanol–water partition coefficient (Wildman–Crippen LogP) is 4.61. The van der Waals surface area contributed by atoms with Crippen LogP contribution >= 0.6 is 23.2 Å². The van der Waals surface area contributed by atoms with Gasteiger partial charge in [0.15, 0.2) is 0 Å². The maximum Gasteiger partial charge on any atom is 0.304 e. The number of amides is 2. The molecule has 0 radical (unpaired) electrons. The van der Waals surface area contributed by atoms with Crippen molar-refractivity contribution in [1.29, 1.82) is 0 Å². The highest BCUT2D eigenvalue weighted by atomic mass is 35.5. The summed E-state index contributed by atoms with van der Waals surface area (Å²) in [5.74, 6) is -1.79. The van der Waals surface area contributed by atoms with Gasteiger partial charge in [0.05, 0.1) is 15.7 Å². The number of halogens is 3. The van der Waals surface area contributed by atoms with Crippen molar-refractivity contribution in [3.8, 4) is 0 Å². The van der Waals surface area contributed by atoms with Crippen molar-refractivity contribution in [3.05, 3.63) is 63.9 Å². The molecule has 208 valence electrons. The van der Waals surface area contributed by atoms with Crippen molar-refractivity contribution in [3.63, 3.8) is 0 Å². The van der Waals surface area contributed by atoms with Gasteiger partial charge in [-0.1, -0.05) is 61.2 Å². The zero-order valence-electron chi connectivity index (χ0n) is 21.7. The molecule has 38 heavy (non-hydrogen) atoms. The Labute approximate surface area is 233 Å². The number of para-hydroxylation sites is 1. The number of carbonyl (C=O) groups is 2. The minimum Gasteiger partial charge on any atom is -0.352 e. The number of carbonyl (C=O) groups excluding carboxylic acids is 2. The summed E-state index contributed by atoms with van der Waals surface area (Å²) < 4.78 is 42.7. The number of rotatable bonds is 11. The Balaban J connectivity index is 1.99. The molecule has 2 aromatic rings. The molecule has 1 N–H and O–H groups in total. The number of anilines is 1. The molecule has 0 bridgehead atoms. The van der Waals surface area contributed by atoms with Gasteiger partial charge in [0.25, 0.3) is 0 Å².